The highest BCUT2D eigenvalue weighted by Gasteiger charge is 2.06. The molecule has 0 aromatic heterocycles. The van der Waals surface area contributed by atoms with Crippen LogP contribution in [0.1, 0.15) is 5.56 Å². The molecule has 2 aromatic rings. The number of aliphatic hydroxyl groups is 1. The maximum absolute atomic E-state index is 11.8. The van der Waals surface area contributed by atoms with Crippen LogP contribution in [0.15, 0.2) is 48.5 Å². The lowest BCUT2D eigenvalue weighted by Crippen LogP contribution is -2.20. The molecular weight excluding hydrogens is 264 g/mol. The van der Waals surface area contributed by atoms with Gasteiger partial charge in [0.2, 0.25) is 0 Å². The third-order valence-electron chi connectivity index (χ3n) is 2.52. The Morgan fingerprint density at radius 3 is 2.63 bits per heavy atom. The molecule has 5 heteroatoms. The predicted octanol–water partition coefficient (Wildman–Crippen LogP) is 3.48. The van der Waals surface area contributed by atoms with E-state index in [-0.39, 0.29) is 12.6 Å². The number of nitrogens with one attached hydrogen (secondary N) is 2. The Kier molecular flexibility index (Phi) is 4.39. The monoisotopic (exact) mass is 276 g/mol. The largest absolute Gasteiger partial charge is 0.392 e. The third-order valence-corrected chi connectivity index (χ3v) is 2.75. The molecule has 0 atom stereocenters. The van der Waals surface area contributed by atoms with E-state index in [4.69, 9.17) is 16.7 Å². The van der Waals surface area contributed by atoms with Gasteiger partial charge >= 0.3 is 6.03 Å². The number of benzene rings is 2. The molecule has 0 aliphatic carbocycles. The third kappa shape index (κ3) is 3.71. The Morgan fingerprint density at radius 2 is 1.89 bits per heavy atom. The topological polar surface area (TPSA) is 61.4 Å². The van der Waals surface area contributed by atoms with Crippen LogP contribution in [0.25, 0.3) is 0 Å². The molecule has 0 saturated heterocycles. The van der Waals surface area contributed by atoms with Gasteiger partial charge in [0.25, 0.3) is 0 Å². The van der Waals surface area contributed by atoms with Crippen molar-refractivity contribution in [1.29, 1.82) is 0 Å². The van der Waals surface area contributed by atoms with E-state index in [0.717, 1.165) is 0 Å². The fraction of sp³-hybridized carbons (Fsp3) is 0.0714. The first-order valence-corrected chi connectivity index (χ1v) is 6.09. The van der Waals surface area contributed by atoms with Crippen LogP contribution in [-0.4, -0.2) is 11.1 Å². The van der Waals surface area contributed by atoms with Crippen LogP contribution in [0.5, 0.6) is 0 Å². The average molecular weight is 277 g/mol. The van der Waals surface area contributed by atoms with Crippen molar-refractivity contribution < 1.29 is 9.90 Å². The highest BCUT2D eigenvalue weighted by molar-refractivity contribution is 6.30. The fourth-order valence-corrected chi connectivity index (χ4v) is 1.82. The van der Waals surface area contributed by atoms with E-state index in [1.165, 1.54) is 0 Å². The van der Waals surface area contributed by atoms with Crippen LogP contribution in [0.4, 0.5) is 16.2 Å². The second kappa shape index (κ2) is 6.22. The summed E-state index contributed by atoms with van der Waals surface area (Å²) >= 11 is 5.83. The van der Waals surface area contributed by atoms with Crippen molar-refractivity contribution in [2.75, 3.05) is 10.6 Å². The van der Waals surface area contributed by atoms with Gasteiger partial charge in [0.1, 0.15) is 0 Å². The SMILES string of the molecule is O=C(Nc1cccc(Cl)c1)Nc1ccccc1CO. The van der Waals surface area contributed by atoms with Gasteiger partial charge in [0.15, 0.2) is 0 Å². The normalized spacial score (nSPS) is 10.0. The van der Waals surface area contributed by atoms with Gasteiger partial charge in [-0.2, -0.15) is 0 Å². The number of anilines is 2. The maximum atomic E-state index is 11.8. The Hall–Kier alpha value is -2.04. The minimum Gasteiger partial charge on any atom is -0.392 e. The van der Waals surface area contributed by atoms with Crippen molar-refractivity contribution in [1.82, 2.24) is 0 Å². The molecule has 3 N–H and O–H groups in total. The summed E-state index contributed by atoms with van der Waals surface area (Å²) in [5.41, 5.74) is 1.83. The molecule has 2 rings (SSSR count). The van der Waals surface area contributed by atoms with E-state index in [9.17, 15) is 4.79 Å². The summed E-state index contributed by atoms with van der Waals surface area (Å²) < 4.78 is 0. The zero-order valence-corrected chi connectivity index (χ0v) is 10.8. The molecule has 0 saturated carbocycles. The smallest absolute Gasteiger partial charge is 0.323 e. The molecule has 2 amide bonds. The summed E-state index contributed by atoms with van der Waals surface area (Å²) in [4.78, 5) is 11.8. The molecule has 0 fully saturated rings. The van der Waals surface area contributed by atoms with Gasteiger partial charge in [-0.25, -0.2) is 4.79 Å². The summed E-state index contributed by atoms with van der Waals surface area (Å²) in [6.07, 6.45) is 0. The van der Waals surface area contributed by atoms with E-state index in [1.807, 2.05) is 0 Å². The van der Waals surface area contributed by atoms with Crippen molar-refractivity contribution in [3.05, 3.63) is 59.1 Å². The molecule has 2 aromatic carbocycles. The van der Waals surface area contributed by atoms with Gasteiger partial charge in [-0.1, -0.05) is 35.9 Å². The summed E-state index contributed by atoms with van der Waals surface area (Å²) in [6, 6.07) is 13.5. The molecular formula is C14H13ClN2O2. The van der Waals surface area contributed by atoms with Gasteiger partial charge in [0.05, 0.1) is 6.61 Å². The number of urea groups is 1. The fourth-order valence-electron chi connectivity index (χ4n) is 1.63. The summed E-state index contributed by atoms with van der Waals surface area (Å²) in [5, 5.41) is 15.1. The molecule has 98 valence electrons. The van der Waals surface area contributed by atoms with Gasteiger partial charge < -0.3 is 15.7 Å². The molecule has 0 radical (unpaired) electrons. The van der Waals surface area contributed by atoms with Crippen molar-refractivity contribution in [3.8, 4) is 0 Å². The number of aliphatic hydroxyl groups excluding tert-OH is 1. The molecule has 0 heterocycles. The molecule has 0 aliphatic rings. The van der Waals surface area contributed by atoms with Crippen LogP contribution in [0, 0.1) is 0 Å². The molecule has 4 nitrogen and oxygen atoms in total. The van der Waals surface area contributed by atoms with E-state index < -0.39 is 0 Å². The van der Waals surface area contributed by atoms with Crippen LogP contribution in [0.2, 0.25) is 5.02 Å². The van der Waals surface area contributed by atoms with Crippen LogP contribution < -0.4 is 10.6 Å². The van der Waals surface area contributed by atoms with Crippen LogP contribution in [-0.2, 0) is 6.61 Å². The van der Waals surface area contributed by atoms with Crippen LogP contribution in [0.3, 0.4) is 0 Å². The Morgan fingerprint density at radius 1 is 1.11 bits per heavy atom. The second-order valence-electron chi connectivity index (χ2n) is 3.90. The van der Waals surface area contributed by atoms with Crippen molar-refractivity contribution in [2.45, 2.75) is 6.61 Å². The number of carbonyl (C=O) groups is 1. The van der Waals surface area contributed by atoms with Gasteiger partial charge in [0, 0.05) is 22.0 Å². The number of rotatable bonds is 3. The van der Waals surface area contributed by atoms with Crippen LogP contribution >= 0.6 is 11.6 Å². The van der Waals surface area contributed by atoms with Gasteiger partial charge in [-0.15, -0.1) is 0 Å². The molecule has 0 bridgehead atoms. The molecule has 19 heavy (non-hydrogen) atoms. The first-order valence-electron chi connectivity index (χ1n) is 5.71. The van der Waals surface area contributed by atoms with Crippen molar-refractivity contribution >= 4 is 29.0 Å². The number of amides is 2. The lowest BCUT2D eigenvalue weighted by molar-refractivity contribution is 0.262. The van der Waals surface area contributed by atoms with Gasteiger partial charge in [-0.3, -0.25) is 0 Å². The number of carbonyl (C=O) groups excluding carboxylic acids is 1. The average Bonchev–Trinajstić information content (AvgIpc) is 2.39. The standard InChI is InChI=1S/C14H13ClN2O2/c15-11-5-3-6-12(8-11)16-14(19)17-13-7-2-1-4-10(13)9-18/h1-8,18H,9H2,(H2,16,17,19). The number of halogens is 1. The minimum absolute atomic E-state index is 0.131. The summed E-state index contributed by atoms with van der Waals surface area (Å²) in [6.45, 7) is -0.131. The maximum Gasteiger partial charge on any atom is 0.323 e. The first-order chi connectivity index (χ1) is 9.19. The summed E-state index contributed by atoms with van der Waals surface area (Å²) in [5.74, 6) is 0. The molecule has 0 unspecified atom stereocenters. The van der Waals surface area contributed by atoms with Crippen molar-refractivity contribution in [3.63, 3.8) is 0 Å². The summed E-state index contributed by atoms with van der Waals surface area (Å²) in [7, 11) is 0. The Balaban J connectivity index is 2.05. The highest BCUT2D eigenvalue weighted by atomic mass is 35.5. The second-order valence-corrected chi connectivity index (χ2v) is 4.34. The van der Waals surface area contributed by atoms with Crippen molar-refractivity contribution in [2.24, 2.45) is 0 Å². The van der Waals surface area contributed by atoms with E-state index in [2.05, 4.69) is 10.6 Å². The predicted molar refractivity (Wildman–Crippen MR) is 76.5 cm³/mol. The zero-order chi connectivity index (χ0) is 13.7. The number of hydrogen-bond acceptors (Lipinski definition) is 2. The number of hydrogen-bond donors (Lipinski definition) is 3. The highest BCUT2D eigenvalue weighted by Crippen LogP contribution is 2.17. The van der Waals surface area contributed by atoms with E-state index in [0.29, 0.717) is 22.0 Å². The van der Waals surface area contributed by atoms with E-state index in [1.54, 1.807) is 48.5 Å². The Labute approximate surface area is 116 Å². The van der Waals surface area contributed by atoms with Gasteiger partial charge in [-0.05, 0) is 24.3 Å². The first kappa shape index (κ1) is 13.4. The minimum atomic E-state index is -0.386. The van der Waals surface area contributed by atoms with E-state index >= 15 is 0 Å². The Bertz CT molecular complexity index is 587. The molecule has 0 aliphatic heterocycles. The molecule has 0 spiro atoms. The quantitative estimate of drug-likeness (QED) is 0.804. The lowest BCUT2D eigenvalue weighted by atomic mass is 10.2. The zero-order valence-electron chi connectivity index (χ0n) is 10.1. The number of para-hydroxylation sites is 1. The lowest BCUT2D eigenvalue weighted by Gasteiger charge is -2.10.